The fourth-order valence-electron chi connectivity index (χ4n) is 5.00. The SMILES string of the molecule is CCCCCCCCCCCCCCCCCCCCCCCC(=O)CCC[C@H](O)CCCC. The van der Waals surface area contributed by atoms with E-state index in [0.717, 1.165) is 44.9 Å². The first-order valence-electron chi connectivity index (χ1n) is 15.9. The summed E-state index contributed by atoms with van der Waals surface area (Å²) in [6.07, 6.45) is 35.4. The van der Waals surface area contributed by atoms with Crippen molar-refractivity contribution < 1.29 is 9.90 Å². The number of unbranched alkanes of at least 4 members (excludes halogenated alkanes) is 21. The number of carbonyl (C=O) groups is 1. The smallest absolute Gasteiger partial charge is 0.132 e. The first-order valence-corrected chi connectivity index (χ1v) is 15.9. The van der Waals surface area contributed by atoms with Gasteiger partial charge in [0.25, 0.3) is 0 Å². The second-order valence-corrected chi connectivity index (χ2v) is 11.0. The first-order chi connectivity index (χ1) is 16.7. The summed E-state index contributed by atoms with van der Waals surface area (Å²) in [4.78, 5) is 12.0. The Bertz CT molecular complexity index is 392. The minimum absolute atomic E-state index is 0.197. The van der Waals surface area contributed by atoms with Crippen LogP contribution < -0.4 is 0 Å². The molecular formula is C32H64O2. The Kier molecular flexibility index (Phi) is 28.6. The van der Waals surface area contributed by atoms with Crippen LogP contribution in [0.3, 0.4) is 0 Å². The van der Waals surface area contributed by atoms with Gasteiger partial charge in [-0.15, -0.1) is 0 Å². The summed E-state index contributed by atoms with van der Waals surface area (Å²) in [5.41, 5.74) is 0. The van der Waals surface area contributed by atoms with Crippen molar-refractivity contribution in [3.63, 3.8) is 0 Å². The van der Waals surface area contributed by atoms with Gasteiger partial charge in [-0.3, -0.25) is 4.79 Å². The van der Waals surface area contributed by atoms with Gasteiger partial charge in [-0.1, -0.05) is 155 Å². The molecule has 0 aliphatic carbocycles. The minimum atomic E-state index is -0.197. The van der Waals surface area contributed by atoms with Crippen molar-refractivity contribution in [2.75, 3.05) is 0 Å². The van der Waals surface area contributed by atoms with E-state index in [1.54, 1.807) is 0 Å². The van der Waals surface area contributed by atoms with E-state index in [2.05, 4.69) is 13.8 Å². The number of Topliss-reactive ketones (excluding diaryl/α,β-unsaturated/α-hetero) is 1. The summed E-state index contributed by atoms with van der Waals surface area (Å²) in [6, 6.07) is 0. The number of aliphatic hydroxyl groups excluding tert-OH is 1. The van der Waals surface area contributed by atoms with E-state index in [0.29, 0.717) is 12.2 Å². The van der Waals surface area contributed by atoms with Crippen LogP contribution in [0.4, 0.5) is 0 Å². The molecule has 0 saturated carbocycles. The first kappa shape index (κ1) is 33.6. The van der Waals surface area contributed by atoms with E-state index in [1.807, 2.05) is 0 Å². The highest BCUT2D eigenvalue weighted by Gasteiger charge is 2.06. The van der Waals surface area contributed by atoms with Gasteiger partial charge in [0.15, 0.2) is 0 Å². The second-order valence-electron chi connectivity index (χ2n) is 11.0. The van der Waals surface area contributed by atoms with E-state index >= 15 is 0 Å². The Hall–Kier alpha value is -0.370. The van der Waals surface area contributed by atoms with Crippen molar-refractivity contribution in [1.82, 2.24) is 0 Å². The third-order valence-electron chi connectivity index (χ3n) is 7.44. The van der Waals surface area contributed by atoms with Crippen molar-refractivity contribution in [2.24, 2.45) is 0 Å². The van der Waals surface area contributed by atoms with E-state index in [1.165, 1.54) is 128 Å². The van der Waals surface area contributed by atoms with E-state index < -0.39 is 0 Å². The van der Waals surface area contributed by atoms with Crippen LogP contribution in [0.15, 0.2) is 0 Å². The Morgan fingerprint density at radius 3 is 1.12 bits per heavy atom. The quantitative estimate of drug-likeness (QED) is 0.108. The van der Waals surface area contributed by atoms with Crippen molar-refractivity contribution in [1.29, 1.82) is 0 Å². The van der Waals surface area contributed by atoms with Gasteiger partial charge in [0.05, 0.1) is 6.10 Å². The molecule has 0 aromatic rings. The largest absolute Gasteiger partial charge is 0.393 e. The van der Waals surface area contributed by atoms with Gasteiger partial charge in [0, 0.05) is 12.8 Å². The highest BCUT2D eigenvalue weighted by atomic mass is 16.3. The molecule has 2 nitrogen and oxygen atoms in total. The molecule has 0 aromatic carbocycles. The molecule has 1 atom stereocenters. The standard InChI is InChI=1S/C32H64O2/c1-3-5-7-8-9-10-11-12-13-14-15-16-17-18-19-20-21-22-23-24-25-28-32(34)30-26-29-31(33)27-6-4-2/h31,33H,3-30H2,1-2H3/t31-/m1/s1. The Balaban J connectivity index is 3.15. The van der Waals surface area contributed by atoms with Crippen LogP contribution in [0.25, 0.3) is 0 Å². The number of rotatable bonds is 29. The summed E-state index contributed by atoms with van der Waals surface area (Å²) in [5.74, 6) is 0.403. The lowest BCUT2D eigenvalue weighted by Gasteiger charge is -2.09. The molecule has 0 saturated heterocycles. The molecule has 34 heavy (non-hydrogen) atoms. The molecule has 0 unspecified atom stereocenters. The molecule has 0 amide bonds. The lowest BCUT2D eigenvalue weighted by Crippen LogP contribution is -2.07. The van der Waals surface area contributed by atoms with E-state index in [-0.39, 0.29) is 6.10 Å². The normalized spacial score (nSPS) is 12.3. The van der Waals surface area contributed by atoms with Crippen LogP contribution in [0.1, 0.15) is 194 Å². The molecule has 0 rings (SSSR count). The Morgan fingerprint density at radius 2 is 0.735 bits per heavy atom. The summed E-state index contributed by atoms with van der Waals surface area (Å²) >= 11 is 0. The monoisotopic (exact) mass is 480 g/mol. The van der Waals surface area contributed by atoms with Crippen LogP contribution in [-0.2, 0) is 4.79 Å². The maximum atomic E-state index is 12.0. The second kappa shape index (κ2) is 28.9. The fourth-order valence-corrected chi connectivity index (χ4v) is 5.00. The summed E-state index contributed by atoms with van der Waals surface area (Å²) in [7, 11) is 0. The van der Waals surface area contributed by atoms with Crippen LogP contribution in [0.2, 0.25) is 0 Å². The number of ketones is 1. The predicted molar refractivity (Wildman–Crippen MR) is 152 cm³/mol. The molecule has 0 aromatic heterocycles. The number of carbonyl (C=O) groups excluding carboxylic acids is 1. The topological polar surface area (TPSA) is 37.3 Å². The van der Waals surface area contributed by atoms with Crippen LogP contribution >= 0.6 is 0 Å². The molecule has 0 heterocycles. The summed E-state index contributed by atoms with van der Waals surface area (Å²) in [6.45, 7) is 4.44. The van der Waals surface area contributed by atoms with Crippen LogP contribution in [0, 0.1) is 0 Å². The zero-order valence-electron chi connectivity index (χ0n) is 23.7. The zero-order valence-corrected chi connectivity index (χ0v) is 23.7. The molecule has 1 N–H and O–H groups in total. The van der Waals surface area contributed by atoms with Gasteiger partial charge in [0.2, 0.25) is 0 Å². The van der Waals surface area contributed by atoms with Crippen molar-refractivity contribution in [3.8, 4) is 0 Å². The summed E-state index contributed by atoms with van der Waals surface area (Å²) in [5, 5.41) is 9.84. The number of hydrogen-bond acceptors (Lipinski definition) is 2. The predicted octanol–water partition coefficient (Wildman–Crippen LogP) is 10.9. The molecule has 0 spiro atoms. The van der Waals surface area contributed by atoms with Gasteiger partial charge < -0.3 is 5.11 Å². The summed E-state index contributed by atoms with van der Waals surface area (Å²) < 4.78 is 0. The molecule has 0 bridgehead atoms. The minimum Gasteiger partial charge on any atom is -0.393 e. The molecular weight excluding hydrogens is 416 g/mol. The lowest BCUT2D eigenvalue weighted by molar-refractivity contribution is -0.119. The third kappa shape index (κ3) is 27.9. The van der Waals surface area contributed by atoms with Gasteiger partial charge in [-0.25, -0.2) is 0 Å². The van der Waals surface area contributed by atoms with Gasteiger partial charge in [0.1, 0.15) is 5.78 Å². The molecule has 0 aliphatic heterocycles. The van der Waals surface area contributed by atoms with Gasteiger partial charge in [-0.05, 0) is 25.7 Å². The van der Waals surface area contributed by atoms with Crippen molar-refractivity contribution in [3.05, 3.63) is 0 Å². The van der Waals surface area contributed by atoms with Crippen LogP contribution in [0.5, 0.6) is 0 Å². The van der Waals surface area contributed by atoms with E-state index in [4.69, 9.17) is 0 Å². The third-order valence-corrected chi connectivity index (χ3v) is 7.44. The molecule has 204 valence electrons. The molecule has 0 aliphatic rings. The fraction of sp³-hybridized carbons (Fsp3) is 0.969. The van der Waals surface area contributed by atoms with E-state index in [9.17, 15) is 9.90 Å². The van der Waals surface area contributed by atoms with Crippen LogP contribution in [-0.4, -0.2) is 17.0 Å². The number of hydrogen-bond donors (Lipinski definition) is 1. The Morgan fingerprint density at radius 1 is 0.441 bits per heavy atom. The lowest BCUT2D eigenvalue weighted by atomic mass is 10.0. The van der Waals surface area contributed by atoms with Crippen molar-refractivity contribution >= 4 is 5.78 Å². The molecule has 0 fully saturated rings. The zero-order chi connectivity index (χ0) is 25.0. The highest BCUT2D eigenvalue weighted by Crippen LogP contribution is 2.16. The van der Waals surface area contributed by atoms with Gasteiger partial charge >= 0.3 is 0 Å². The Labute approximate surface area is 215 Å². The van der Waals surface area contributed by atoms with Crippen molar-refractivity contribution in [2.45, 2.75) is 200 Å². The van der Waals surface area contributed by atoms with Gasteiger partial charge in [-0.2, -0.15) is 0 Å². The maximum absolute atomic E-state index is 12.0. The molecule has 0 radical (unpaired) electrons. The molecule has 2 heteroatoms. The highest BCUT2D eigenvalue weighted by molar-refractivity contribution is 5.78. The maximum Gasteiger partial charge on any atom is 0.132 e. The number of aliphatic hydroxyl groups is 1. The average molecular weight is 481 g/mol. The average Bonchev–Trinajstić information content (AvgIpc) is 2.83.